The molecule has 5 heteroatoms. The Hall–Kier alpha value is -2.04. The summed E-state index contributed by atoms with van der Waals surface area (Å²) in [5.74, 6) is 1.36. The highest BCUT2D eigenvalue weighted by atomic mass is 35.5. The van der Waals surface area contributed by atoms with Crippen molar-refractivity contribution >= 4 is 18.3 Å². The van der Waals surface area contributed by atoms with E-state index < -0.39 is 0 Å². The lowest BCUT2D eigenvalue weighted by molar-refractivity contribution is 0.0950. The fourth-order valence-corrected chi connectivity index (χ4v) is 3.13. The van der Waals surface area contributed by atoms with Crippen LogP contribution >= 0.6 is 12.4 Å². The summed E-state index contributed by atoms with van der Waals surface area (Å²) in [6.45, 7) is 3.41. The van der Waals surface area contributed by atoms with Gasteiger partial charge in [-0.2, -0.15) is 0 Å². The first-order valence-electron chi connectivity index (χ1n) is 9.07. The molecule has 1 aliphatic rings. The Morgan fingerprint density at radius 2 is 2.00 bits per heavy atom. The van der Waals surface area contributed by atoms with Crippen molar-refractivity contribution in [2.45, 2.75) is 25.9 Å². The molecule has 0 aliphatic carbocycles. The summed E-state index contributed by atoms with van der Waals surface area (Å²) in [6, 6.07) is 17.4. The molecule has 26 heavy (non-hydrogen) atoms. The number of halogens is 1. The zero-order chi connectivity index (χ0) is 17.3. The molecule has 1 saturated heterocycles. The molecular formula is C21H27ClN2O2. The minimum absolute atomic E-state index is 0. The van der Waals surface area contributed by atoms with E-state index in [2.05, 4.69) is 10.6 Å². The van der Waals surface area contributed by atoms with Crippen LogP contribution in [-0.2, 0) is 6.61 Å². The quantitative estimate of drug-likeness (QED) is 0.774. The molecule has 2 aromatic carbocycles. The van der Waals surface area contributed by atoms with E-state index in [1.165, 1.54) is 12.8 Å². The zero-order valence-corrected chi connectivity index (χ0v) is 15.8. The predicted molar refractivity (Wildman–Crippen MR) is 107 cm³/mol. The van der Waals surface area contributed by atoms with Crippen molar-refractivity contribution in [1.82, 2.24) is 10.6 Å². The average molecular weight is 375 g/mol. The van der Waals surface area contributed by atoms with Gasteiger partial charge in [0.2, 0.25) is 0 Å². The van der Waals surface area contributed by atoms with Crippen LogP contribution in [0.15, 0.2) is 54.6 Å². The number of carbonyl (C=O) groups excluding carboxylic acids is 1. The van der Waals surface area contributed by atoms with Crippen LogP contribution in [0.5, 0.6) is 5.75 Å². The van der Waals surface area contributed by atoms with Crippen molar-refractivity contribution < 1.29 is 9.53 Å². The van der Waals surface area contributed by atoms with Crippen LogP contribution in [0.1, 0.15) is 35.2 Å². The lowest BCUT2D eigenvalue weighted by Gasteiger charge is -2.22. The summed E-state index contributed by atoms with van der Waals surface area (Å²) in [5.41, 5.74) is 1.76. The molecule has 4 nitrogen and oxygen atoms in total. The van der Waals surface area contributed by atoms with E-state index in [0.717, 1.165) is 31.6 Å². The summed E-state index contributed by atoms with van der Waals surface area (Å²) in [6.07, 6.45) is 3.52. The summed E-state index contributed by atoms with van der Waals surface area (Å²) in [4.78, 5) is 12.3. The number of rotatable bonds is 7. The maximum absolute atomic E-state index is 12.3. The Labute approximate surface area is 161 Å². The monoisotopic (exact) mass is 374 g/mol. The summed E-state index contributed by atoms with van der Waals surface area (Å²) < 4.78 is 5.79. The predicted octanol–water partition coefficient (Wildman–Crippen LogP) is 3.81. The topological polar surface area (TPSA) is 50.4 Å². The van der Waals surface area contributed by atoms with Gasteiger partial charge in [-0.15, -0.1) is 12.4 Å². The molecule has 1 fully saturated rings. The van der Waals surface area contributed by atoms with Gasteiger partial charge in [0.1, 0.15) is 12.4 Å². The molecule has 0 spiro atoms. The lowest BCUT2D eigenvalue weighted by Crippen LogP contribution is -2.33. The van der Waals surface area contributed by atoms with Crippen LogP contribution in [0.4, 0.5) is 0 Å². The SMILES string of the molecule is Cl.O=C(NCCC1CCCNC1)c1cccc(OCc2ccccc2)c1. The molecule has 1 heterocycles. The maximum Gasteiger partial charge on any atom is 0.251 e. The van der Waals surface area contributed by atoms with E-state index in [4.69, 9.17) is 4.74 Å². The molecule has 1 atom stereocenters. The molecule has 1 unspecified atom stereocenters. The normalized spacial score (nSPS) is 16.4. The van der Waals surface area contributed by atoms with Crippen molar-refractivity contribution in [1.29, 1.82) is 0 Å². The molecule has 0 aromatic heterocycles. The third kappa shape index (κ3) is 6.36. The van der Waals surface area contributed by atoms with Crippen molar-refractivity contribution in [3.05, 3.63) is 65.7 Å². The number of nitrogens with one attached hydrogen (secondary N) is 2. The minimum Gasteiger partial charge on any atom is -0.489 e. The van der Waals surface area contributed by atoms with E-state index in [0.29, 0.717) is 23.8 Å². The van der Waals surface area contributed by atoms with Crippen LogP contribution in [0, 0.1) is 5.92 Å². The smallest absolute Gasteiger partial charge is 0.251 e. The standard InChI is InChI=1S/C21H26N2O2.ClH/c24-21(23-13-11-17-8-5-12-22-15-17)19-9-4-10-20(14-19)25-16-18-6-2-1-3-7-18;/h1-4,6-7,9-10,14,17,22H,5,8,11-13,15-16H2,(H,23,24);1H. The zero-order valence-electron chi connectivity index (χ0n) is 14.9. The molecular weight excluding hydrogens is 348 g/mol. The van der Waals surface area contributed by atoms with Gasteiger partial charge in [0.25, 0.3) is 5.91 Å². The number of carbonyl (C=O) groups is 1. The third-order valence-corrected chi connectivity index (χ3v) is 4.58. The van der Waals surface area contributed by atoms with E-state index >= 15 is 0 Å². The Balaban J connectivity index is 0.00000243. The van der Waals surface area contributed by atoms with Gasteiger partial charge in [0.15, 0.2) is 0 Å². The van der Waals surface area contributed by atoms with Gasteiger partial charge in [0.05, 0.1) is 0 Å². The highest BCUT2D eigenvalue weighted by Crippen LogP contribution is 2.16. The van der Waals surface area contributed by atoms with Crippen molar-refractivity contribution in [2.75, 3.05) is 19.6 Å². The molecule has 0 radical (unpaired) electrons. The lowest BCUT2D eigenvalue weighted by atomic mass is 9.96. The van der Waals surface area contributed by atoms with Crippen molar-refractivity contribution in [2.24, 2.45) is 5.92 Å². The van der Waals surface area contributed by atoms with Gasteiger partial charge in [-0.05, 0) is 62.0 Å². The fraction of sp³-hybridized carbons (Fsp3) is 0.381. The first-order chi connectivity index (χ1) is 12.3. The Kier molecular flexibility index (Phi) is 8.45. The second kappa shape index (κ2) is 10.8. The van der Waals surface area contributed by atoms with Crippen LogP contribution < -0.4 is 15.4 Å². The molecule has 3 rings (SSSR count). The number of hydrogen-bond donors (Lipinski definition) is 2. The number of ether oxygens (including phenoxy) is 1. The largest absolute Gasteiger partial charge is 0.489 e. The number of piperidine rings is 1. The van der Waals surface area contributed by atoms with E-state index in [1.54, 1.807) is 6.07 Å². The average Bonchev–Trinajstić information content (AvgIpc) is 2.68. The van der Waals surface area contributed by atoms with Gasteiger partial charge >= 0.3 is 0 Å². The third-order valence-electron chi connectivity index (χ3n) is 4.58. The summed E-state index contributed by atoms with van der Waals surface area (Å²) in [5, 5.41) is 6.44. The van der Waals surface area contributed by atoms with Crippen LogP contribution in [0.25, 0.3) is 0 Å². The Bertz CT molecular complexity index is 673. The summed E-state index contributed by atoms with van der Waals surface area (Å²) >= 11 is 0. The molecule has 0 bridgehead atoms. The molecule has 140 valence electrons. The van der Waals surface area contributed by atoms with E-state index in [9.17, 15) is 4.79 Å². The van der Waals surface area contributed by atoms with Crippen molar-refractivity contribution in [3.8, 4) is 5.75 Å². The van der Waals surface area contributed by atoms with E-state index in [-0.39, 0.29) is 18.3 Å². The van der Waals surface area contributed by atoms with Crippen LogP contribution in [0.2, 0.25) is 0 Å². The highest BCUT2D eigenvalue weighted by Gasteiger charge is 2.13. The molecule has 0 saturated carbocycles. The first kappa shape index (κ1) is 20.3. The summed E-state index contributed by atoms with van der Waals surface area (Å²) in [7, 11) is 0. The Morgan fingerprint density at radius 3 is 2.77 bits per heavy atom. The Morgan fingerprint density at radius 1 is 1.15 bits per heavy atom. The molecule has 1 aliphatic heterocycles. The minimum atomic E-state index is -0.0334. The van der Waals surface area contributed by atoms with Gasteiger partial charge in [-0.25, -0.2) is 0 Å². The first-order valence-corrected chi connectivity index (χ1v) is 9.07. The van der Waals surface area contributed by atoms with E-state index in [1.807, 2.05) is 48.5 Å². The molecule has 2 N–H and O–H groups in total. The van der Waals surface area contributed by atoms with Crippen LogP contribution in [-0.4, -0.2) is 25.5 Å². The number of amides is 1. The van der Waals surface area contributed by atoms with Gasteiger partial charge in [-0.3, -0.25) is 4.79 Å². The fourth-order valence-electron chi connectivity index (χ4n) is 3.13. The number of hydrogen-bond acceptors (Lipinski definition) is 3. The highest BCUT2D eigenvalue weighted by molar-refractivity contribution is 5.94. The van der Waals surface area contributed by atoms with Crippen LogP contribution in [0.3, 0.4) is 0 Å². The van der Waals surface area contributed by atoms with Gasteiger partial charge in [-0.1, -0.05) is 36.4 Å². The molecule has 1 amide bonds. The maximum atomic E-state index is 12.3. The second-order valence-corrected chi connectivity index (χ2v) is 6.56. The van der Waals surface area contributed by atoms with Gasteiger partial charge < -0.3 is 15.4 Å². The van der Waals surface area contributed by atoms with Gasteiger partial charge in [0, 0.05) is 12.1 Å². The second-order valence-electron chi connectivity index (χ2n) is 6.56. The number of benzene rings is 2. The van der Waals surface area contributed by atoms with Crippen molar-refractivity contribution in [3.63, 3.8) is 0 Å². The molecule has 2 aromatic rings.